The van der Waals surface area contributed by atoms with Crippen LogP contribution in [0.3, 0.4) is 0 Å². The molecule has 0 radical (unpaired) electrons. The summed E-state index contributed by atoms with van der Waals surface area (Å²) >= 11 is 0. The van der Waals surface area contributed by atoms with Gasteiger partial charge in [-0.1, -0.05) is 20.8 Å². The molecule has 0 aliphatic carbocycles. The smallest absolute Gasteiger partial charge is 0.129 e. The Morgan fingerprint density at radius 2 is 1.42 bits per heavy atom. The minimum Gasteiger partial charge on any atom is -0.381 e. The Bertz CT molecular complexity index is 85.8. The van der Waals surface area contributed by atoms with Crippen LogP contribution >= 0.6 is 0 Å². The summed E-state index contributed by atoms with van der Waals surface area (Å²) in [5, 5.41) is 0. The molecule has 0 rings (SSSR count). The maximum atomic E-state index is 9.81. The SMILES string of the molecule is CCC(C)=O.CCCOCCC. The van der Waals surface area contributed by atoms with E-state index in [1.165, 1.54) is 0 Å². The molecule has 0 aromatic rings. The Morgan fingerprint density at radius 1 is 1.08 bits per heavy atom. The highest BCUT2D eigenvalue weighted by molar-refractivity contribution is 5.74. The standard InChI is InChI=1S/C6H14O.C4H8O/c1-3-5-7-6-4-2;1-3-4(2)5/h3-6H2,1-2H3;3H2,1-2H3. The number of Topliss-reactive ketones (excluding diaryl/α,β-unsaturated/α-hetero) is 1. The van der Waals surface area contributed by atoms with E-state index < -0.39 is 0 Å². The van der Waals surface area contributed by atoms with E-state index in [9.17, 15) is 4.79 Å². The summed E-state index contributed by atoms with van der Waals surface area (Å²) < 4.78 is 5.13. The molecule has 0 fully saturated rings. The third-order valence-corrected chi connectivity index (χ3v) is 1.19. The fraction of sp³-hybridized carbons (Fsp3) is 0.900. The van der Waals surface area contributed by atoms with Gasteiger partial charge in [-0.05, 0) is 19.8 Å². The maximum absolute atomic E-state index is 9.81. The topological polar surface area (TPSA) is 26.3 Å². The van der Waals surface area contributed by atoms with Crippen LogP contribution in [0.2, 0.25) is 0 Å². The zero-order valence-corrected chi connectivity index (χ0v) is 8.85. The van der Waals surface area contributed by atoms with Gasteiger partial charge >= 0.3 is 0 Å². The molecule has 0 spiro atoms. The fourth-order valence-electron chi connectivity index (χ4n) is 0.391. The summed E-state index contributed by atoms with van der Waals surface area (Å²) in [6, 6.07) is 0. The number of rotatable bonds is 5. The minimum absolute atomic E-state index is 0.255. The average Bonchev–Trinajstić information content (AvgIpc) is 2.07. The first-order chi connectivity index (χ1) is 5.68. The summed E-state index contributed by atoms with van der Waals surface area (Å²) in [5.74, 6) is 0.255. The lowest BCUT2D eigenvalue weighted by atomic mass is 10.4. The van der Waals surface area contributed by atoms with Crippen molar-refractivity contribution in [2.24, 2.45) is 0 Å². The van der Waals surface area contributed by atoms with Crippen molar-refractivity contribution < 1.29 is 9.53 Å². The van der Waals surface area contributed by atoms with Gasteiger partial charge in [0.1, 0.15) is 5.78 Å². The first-order valence-corrected chi connectivity index (χ1v) is 4.76. The number of ether oxygens (including phenoxy) is 1. The van der Waals surface area contributed by atoms with E-state index in [1.807, 2.05) is 6.92 Å². The molecular formula is C10H22O2. The van der Waals surface area contributed by atoms with E-state index >= 15 is 0 Å². The zero-order valence-electron chi connectivity index (χ0n) is 8.85. The summed E-state index contributed by atoms with van der Waals surface area (Å²) in [6.07, 6.45) is 2.94. The molecule has 0 saturated carbocycles. The second-order valence-corrected chi connectivity index (χ2v) is 2.67. The van der Waals surface area contributed by atoms with Crippen molar-refractivity contribution in [3.05, 3.63) is 0 Å². The lowest BCUT2D eigenvalue weighted by Gasteiger charge is -1.95. The number of ketones is 1. The van der Waals surface area contributed by atoms with Gasteiger partial charge in [0.05, 0.1) is 0 Å². The molecule has 0 atom stereocenters. The maximum Gasteiger partial charge on any atom is 0.129 e. The highest BCUT2D eigenvalue weighted by Crippen LogP contribution is 1.81. The van der Waals surface area contributed by atoms with E-state index in [1.54, 1.807) is 6.92 Å². The van der Waals surface area contributed by atoms with Crippen molar-refractivity contribution in [2.75, 3.05) is 13.2 Å². The van der Waals surface area contributed by atoms with Crippen molar-refractivity contribution in [3.63, 3.8) is 0 Å². The van der Waals surface area contributed by atoms with Gasteiger partial charge in [-0.2, -0.15) is 0 Å². The normalized spacial score (nSPS) is 8.67. The molecule has 0 unspecified atom stereocenters. The third-order valence-electron chi connectivity index (χ3n) is 1.19. The molecule has 12 heavy (non-hydrogen) atoms. The average molecular weight is 174 g/mol. The van der Waals surface area contributed by atoms with Crippen LogP contribution < -0.4 is 0 Å². The zero-order chi connectivity index (χ0) is 9.82. The van der Waals surface area contributed by atoms with Crippen molar-refractivity contribution in [1.29, 1.82) is 0 Å². The summed E-state index contributed by atoms with van der Waals surface area (Å²) in [5.41, 5.74) is 0. The van der Waals surface area contributed by atoms with Crippen LogP contribution in [0.15, 0.2) is 0 Å². The van der Waals surface area contributed by atoms with Gasteiger partial charge in [0.25, 0.3) is 0 Å². The minimum atomic E-state index is 0.255. The van der Waals surface area contributed by atoms with Gasteiger partial charge in [-0.25, -0.2) is 0 Å². The lowest BCUT2D eigenvalue weighted by Crippen LogP contribution is -1.92. The molecule has 0 aliphatic rings. The molecule has 0 N–H and O–H groups in total. The Labute approximate surface area is 76.3 Å². The summed E-state index contributed by atoms with van der Waals surface area (Å²) in [7, 11) is 0. The van der Waals surface area contributed by atoms with Crippen molar-refractivity contribution >= 4 is 5.78 Å². The van der Waals surface area contributed by atoms with Gasteiger partial charge in [0, 0.05) is 19.6 Å². The van der Waals surface area contributed by atoms with E-state index in [4.69, 9.17) is 4.74 Å². The van der Waals surface area contributed by atoms with Crippen molar-refractivity contribution in [3.8, 4) is 0 Å². The van der Waals surface area contributed by atoms with Gasteiger partial charge in [0.2, 0.25) is 0 Å². The van der Waals surface area contributed by atoms with Crippen LogP contribution in [-0.4, -0.2) is 19.0 Å². The molecule has 0 amide bonds. The first kappa shape index (κ1) is 14.2. The van der Waals surface area contributed by atoms with E-state index in [2.05, 4.69) is 13.8 Å². The van der Waals surface area contributed by atoms with Gasteiger partial charge < -0.3 is 9.53 Å². The molecule has 0 aliphatic heterocycles. The van der Waals surface area contributed by atoms with Gasteiger partial charge in [0.15, 0.2) is 0 Å². The Balaban J connectivity index is 0. The monoisotopic (exact) mass is 174 g/mol. The highest BCUT2D eigenvalue weighted by Gasteiger charge is 1.78. The Hall–Kier alpha value is -0.370. The molecule has 0 saturated heterocycles. The fourth-order valence-corrected chi connectivity index (χ4v) is 0.391. The second kappa shape index (κ2) is 13.2. The molecule has 0 aromatic carbocycles. The first-order valence-electron chi connectivity index (χ1n) is 4.76. The number of carbonyl (C=O) groups excluding carboxylic acids is 1. The predicted octanol–water partition coefficient (Wildman–Crippen LogP) is 2.81. The molecule has 2 heteroatoms. The van der Waals surface area contributed by atoms with E-state index in [0.29, 0.717) is 6.42 Å². The molecule has 2 nitrogen and oxygen atoms in total. The van der Waals surface area contributed by atoms with Crippen molar-refractivity contribution in [1.82, 2.24) is 0 Å². The van der Waals surface area contributed by atoms with Crippen LogP contribution in [0, 0.1) is 0 Å². The number of hydrogen-bond acceptors (Lipinski definition) is 2. The lowest BCUT2D eigenvalue weighted by molar-refractivity contribution is -0.116. The van der Waals surface area contributed by atoms with Gasteiger partial charge in [-0.15, -0.1) is 0 Å². The van der Waals surface area contributed by atoms with Crippen LogP contribution in [0.5, 0.6) is 0 Å². The summed E-state index contributed by atoms with van der Waals surface area (Å²) in [6.45, 7) is 9.52. The molecular weight excluding hydrogens is 152 g/mol. The van der Waals surface area contributed by atoms with Crippen molar-refractivity contribution in [2.45, 2.75) is 47.0 Å². The Morgan fingerprint density at radius 3 is 1.58 bits per heavy atom. The highest BCUT2D eigenvalue weighted by atomic mass is 16.5. The quantitative estimate of drug-likeness (QED) is 0.599. The molecule has 0 aromatic heterocycles. The third kappa shape index (κ3) is 22.6. The molecule has 0 bridgehead atoms. The summed E-state index contributed by atoms with van der Waals surface area (Å²) in [4.78, 5) is 9.81. The van der Waals surface area contributed by atoms with Crippen LogP contribution in [-0.2, 0) is 9.53 Å². The van der Waals surface area contributed by atoms with Crippen LogP contribution in [0.1, 0.15) is 47.0 Å². The number of carbonyl (C=O) groups is 1. The van der Waals surface area contributed by atoms with E-state index in [-0.39, 0.29) is 5.78 Å². The van der Waals surface area contributed by atoms with Gasteiger partial charge in [-0.3, -0.25) is 0 Å². The Kier molecular flexibility index (Phi) is 15.6. The largest absolute Gasteiger partial charge is 0.381 e. The molecule has 74 valence electrons. The second-order valence-electron chi connectivity index (χ2n) is 2.67. The molecule has 0 heterocycles. The van der Waals surface area contributed by atoms with Crippen LogP contribution in [0.4, 0.5) is 0 Å². The van der Waals surface area contributed by atoms with Crippen LogP contribution in [0.25, 0.3) is 0 Å². The van der Waals surface area contributed by atoms with E-state index in [0.717, 1.165) is 26.1 Å². The predicted molar refractivity (Wildman–Crippen MR) is 52.4 cm³/mol. The number of hydrogen-bond donors (Lipinski definition) is 0.